The molecule has 0 aliphatic carbocycles. The Labute approximate surface area is 100 Å². The number of nitrogens with zero attached hydrogens (tertiary/aromatic N) is 3. The molecule has 0 saturated carbocycles. The largest absolute Gasteiger partial charge is 0.363 e. The van der Waals surface area contributed by atoms with Gasteiger partial charge in [-0.15, -0.1) is 0 Å². The van der Waals surface area contributed by atoms with Crippen LogP contribution in [0.3, 0.4) is 0 Å². The van der Waals surface area contributed by atoms with Gasteiger partial charge in [-0.3, -0.25) is 10.1 Å². The minimum absolute atomic E-state index is 0.0528. The molecule has 17 heavy (non-hydrogen) atoms. The first-order valence-electron chi connectivity index (χ1n) is 5.58. The highest BCUT2D eigenvalue weighted by atomic mass is 16.6. The van der Waals surface area contributed by atoms with E-state index >= 15 is 0 Å². The Morgan fingerprint density at radius 1 is 1.47 bits per heavy atom. The molecule has 0 radical (unpaired) electrons. The van der Waals surface area contributed by atoms with Gasteiger partial charge in [0.05, 0.1) is 4.92 Å². The molecule has 0 bridgehead atoms. The molecule has 1 aromatic rings. The van der Waals surface area contributed by atoms with Gasteiger partial charge in [-0.2, -0.15) is 5.10 Å². The van der Waals surface area contributed by atoms with E-state index < -0.39 is 4.92 Å². The molecule has 96 valence electrons. The van der Waals surface area contributed by atoms with Gasteiger partial charge in [0.25, 0.3) is 0 Å². The average Bonchev–Trinajstić information content (AvgIpc) is 2.48. The van der Waals surface area contributed by atoms with Crippen molar-refractivity contribution in [1.82, 2.24) is 15.1 Å². The zero-order valence-electron chi connectivity index (χ0n) is 10.6. The second-order valence-corrected chi connectivity index (χ2v) is 4.20. The Morgan fingerprint density at radius 2 is 2.12 bits per heavy atom. The summed E-state index contributed by atoms with van der Waals surface area (Å²) in [6.45, 7) is 7.11. The lowest BCUT2D eigenvalue weighted by molar-refractivity contribution is -0.384. The molecule has 2 N–H and O–H groups in total. The maximum absolute atomic E-state index is 10.9. The van der Waals surface area contributed by atoms with Gasteiger partial charge in [0.1, 0.15) is 5.69 Å². The maximum atomic E-state index is 10.9. The fourth-order valence-electron chi connectivity index (χ4n) is 1.61. The minimum Gasteiger partial charge on any atom is -0.363 e. The van der Waals surface area contributed by atoms with E-state index in [-0.39, 0.29) is 5.69 Å². The first-order valence-corrected chi connectivity index (χ1v) is 5.58. The van der Waals surface area contributed by atoms with Crippen molar-refractivity contribution >= 4 is 11.5 Å². The number of anilines is 1. The van der Waals surface area contributed by atoms with Crippen LogP contribution in [0.25, 0.3) is 0 Å². The molecule has 0 fully saturated rings. The quantitative estimate of drug-likeness (QED) is 0.441. The van der Waals surface area contributed by atoms with Crippen molar-refractivity contribution in [2.45, 2.75) is 26.8 Å². The smallest absolute Gasteiger partial charge is 0.333 e. The number of nitrogens with one attached hydrogen (secondary N) is 2. The lowest BCUT2D eigenvalue weighted by Crippen LogP contribution is -2.28. The van der Waals surface area contributed by atoms with Crippen molar-refractivity contribution in [2.75, 3.05) is 18.4 Å². The van der Waals surface area contributed by atoms with Crippen LogP contribution in [0.1, 0.15) is 19.5 Å². The number of hydrogen-bond donors (Lipinski definition) is 2. The highest BCUT2D eigenvalue weighted by Gasteiger charge is 2.23. The van der Waals surface area contributed by atoms with Crippen molar-refractivity contribution in [2.24, 2.45) is 7.05 Å². The maximum Gasteiger partial charge on any atom is 0.333 e. The third-order valence-electron chi connectivity index (χ3n) is 2.34. The zero-order chi connectivity index (χ0) is 13.0. The lowest BCUT2D eigenvalue weighted by Gasteiger charge is -2.09. The fraction of sp³-hybridized carbons (Fsp3) is 0.700. The van der Waals surface area contributed by atoms with E-state index in [1.807, 2.05) is 0 Å². The first kappa shape index (κ1) is 13.4. The lowest BCUT2D eigenvalue weighted by atomic mass is 10.3. The number of hydrogen-bond acceptors (Lipinski definition) is 5. The summed E-state index contributed by atoms with van der Waals surface area (Å²) in [5.74, 6) is 0.457. The van der Waals surface area contributed by atoms with Crippen molar-refractivity contribution in [3.63, 3.8) is 0 Å². The third kappa shape index (κ3) is 3.42. The molecule has 0 saturated heterocycles. The molecular weight excluding hydrogens is 222 g/mol. The number of aryl methyl sites for hydroxylation is 2. The molecule has 0 atom stereocenters. The van der Waals surface area contributed by atoms with Gasteiger partial charge in [-0.05, 0) is 6.92 Å². The second kappa shape index (κ2) is 5.62. The van der Waals surface area contributed by atoms with E-state index in [1.165, 1.54) is 4.68 Å². The van der Waals surface area contributed by atoms with Crippen molar-refractivity contribution in [3.8, 4) is 0 Å². The molecule has 0 aliphatic rings. The van der Waals surface area contributed by atoms with Gasteiger partial charge < -0.3 is 10.6 Å². The van der Waals surface area contributed by atoms with E-state index in [2.05, 4.69) is 29.6 Å². The molecule has 0 spiro atoms. The van der Waals surface area contributed by atoms with Crippen LogP contribution in [0.4, 0.5) is 11.5 Å². The van der Waals surface area contributed by atoms with Gasteiger partial charge in [0.2, 0.25) is 5.82 Å². The van der Waals surface area contributed by atoms with Gasteiger partial charge in [-0.1, -0.05) is 13.8 Å². The summed E-state index contributed by atoms with van der Waals surface area (Å²) in [4.78, 5) is 10.5. The molecule has 1 rings (SSSR count). The Hall–Kier alpha value is -1.63. The van der Waals surface area contributed by atoms with E-state index in [1.54, 1.807) is 14.0 Å². The molecule has 0 unspecified atom stereocenters. The van der Waals surface area contributed by atoms with Crippen LogP contribution in [0, 0.1) is 17.0 Å². The summed E-state index contributed by atoms with van der Waals surface area (Å²) in [6, 6.07) is 0.403. The van der Waals surface area contributed by atoms with Gasteiger partial charge in [-0.25, -0.2) is 4.68 Å². The van der Waals surface area contributed by atoms with Crippen LogP contribution in [0.15, 0.2) is 0 Å². The summed E-state index contributed by atoms with van der Waals surface area (Å²) in [5, 5.41) is 21.2. The second-order valence-electron chi connectivity index (χ2n) is 4.20. The van der Waals surface area contributed by atoms with Crippen molar-refractivity contribution in [3.05, 3.63) is 15.8 Å². The van der Waals surface area contributed by atoms with Crippen LogP contribution < -0.4 is 10.6 Å². The summed E-state index contributed by atoms with van der Waals surface area (Å²) in [5.41, 5.74) is 0.480. The summed E-state index contributed by atoms with van der Waals surface area (Å²) >= 11 is 0. The Kier molecular flexibility index (Phi) is 4.45. The van der Waals surface area contributed by atoms with Gasteiger partial charge in [0, 0.05) is 26.2 Å². The molecule has 1 heterocycles. The molecule has 0 aromatic carbocycles. The Balaban J connectivity index is 2.67. The molecule has 7 nitrogen and oxygen atoms in total. The number of nitro groups is 1. The van der Waals surface area contributed by atoms with Crippen LogP contribution in [-0.4, -0.2) is 33.8 Å². The highest BCUT2D eigenvalue weighted by molar-refractivity contribution is 5.59. The van der Waals surface area contributed by atoms with Crippen LogP contribution in [-0.2, 0) is 7.05 Å². The number of aromatic nitrogens is 2. The van der Waals surface area contributed by atoms with E-state index in [9.17, 15) is 10.1 Å². The molecule has 0 amide bonds. The summed E-state index contributed by atoms with van der Waals surface area (Å²) in [6.07, 6.45) is 0. The van der Waals surface area contributed by atoms with E-state index in [0.29, 0.717) is 24.1 Å². The normalized spacial score (nSPS) is 10.9. The predicted octanol–water partition coefficient (Wildman–Crippen LogP) is 1.05. The van der Waals surface area contributed by atoms with Crippen LogP contribution in [0.5, 0.6) is 0 Å². The Bertz CT molecular complexity index is 400. The van der Waals surface area contributed by atoms with Gasteiger partial charge in [0.15, 0.2) is 0 Å². The third-order valence-corrected chi connectivity index (χ3v) is 2.34. The van der Waals surface area contributed by atoms with E-state index in [4.69, 9.17) is 0 Å². The van der Waals surface area contributed by atoms with Crippen molar-refractivity contribution < 1.29 is 4.92 Å². The highest BCUT2D eigenvalue weighted by Crippen LogP contribution is 2.26. The zero-order valence-corrected chi connectivity index (χ0v) is 10.6. The monoisotopic (exact) mass is 241 g/mol. The molecule has 7 heteroatoms. The standard InChI is InChI=1S/C10H19N5O2/c1-7(2)11-5-6-12-10-9(15(16)17)8(3)13-14(10)4/h7,11-12H,5-6H2,1-4H3. The predicted molar refractivity (Wildman–Crippen MR) is 66.2 cm³/mol. The Morgan fingerprint density at radius 3 is 2.65 bits per heavy atom. The summed E-state index contributed by atoms with van der Waals surface area (Å²) < 4.78 is 1.50. The van der Waals surface area contributed by atoms with Gasteiger partial charge >= 0.3 is 5.69 Å². The fourth-order valence-corrected chi connectivity index (χ4v) is 1.61. The SMILES string of the molecule is Cc1nn(C)c(NCCNC(C)C)c1[N+](=O)[O-]. The minimum atomic E-state index is -0.402. The summed E-state index contributed by atoms with van der Waals surface area (Å²) in [7, 11) is 1.69. The first-order chi connectivity index (χ1) is 7.93. The number of rotatable bonds is 6. The molecular formula is C10H19N5O2. The van der Waals surface area contributed by atoms with E-state index in [0.717, 1.165) is 6.54 Å². The molecule has 1 aromatic heterocycles. The van der Waals surface area contributed by atoms with Crippen molar-refractivity contribution in [1.29, 1.82) is 0 Å². The van der Waals surface area contributed by atoms with Crippen LogP contribution in [0.2, 0.25) is 0 Å². The van der Waals surface area contributed by atoms with Crippen LogP contribution >= 0.6 is 0 Å². The topological polar surface area (TPSA) is 85.0 Å². The average molecular weight is 241 g/mol. The molecule has 0 aliphatic heterocycles.